The lowest BCUT2D eigenvalue weighted by molar-refractivity contribution is 0.0761. The largest absolute Gasteiger partial charge is 0.339 e. The fraction of sp³-hybridized carbons (Fsp3) is 0.286. The Balaban J connectivity index is 1.57. The van der Waals surface area contributed by atoms with Gasteiger partial charge in [-0.05, 0) is 77.4 Å². The highest BCUT2D eigenvalue weighted by Crippen LogP contribution is 2.17. The van der Waals surface area contributed by atoms with E-state index in [0.29, 0.717) is 21.3 Å². The van der Waals surface area contributed by atoms with Crippen LogP contribution in [0.5, 0.6) is 0 Å². The summed E-state index contributed by atoms with van der Waals surface area (Å²) in [6.45, 7) is 1.65. The van der Waals surface area contributed by atoms with Gasteiger partial charge in [-0.3, -0.25) is 14.9 Å². The second kappa shape index (κ2) is 9.80. The third kappa shape index (κ3) is 5.39. The molecule has 1 aliphatic rings. The normalized spacial score (nSPS) is 14.1. The van der Waals surface area contributed by atoms with Gasteiger partial charge >= 0.3 is 0 Å². The number of hydrogen-bond acceptors (Lipinski definition) is 3. The van der Waals surface area contributed by atoms with Crippen LogP contribution in [-0.4, -0.2) is 34.9 Å². The highest BCUT2D eigenvalue weighted by Gasteiger charge is 2.17. The van der Waals surface area contributed by atoms with Crippen LogP contribution >= 0.6 is 28.1 Å². The first-order valence-electron chi connectivity index (χ1n) is 9.31. The quantitative estimate of drug-likeness (QED) is 0.658. The molecule has 0 spiro atoms. The predicted octanol–water partition coefficient (Wildman–Crippen LogP) is 4.59. The number of halogens is 1. The molecule has 0 atom stereocenters. The van der Waals surface area contributed by atoms with Gasteiger partial charge in [0.05, 0.1) is 5.56 Å². The Bertz CT molecular complexity index is 862. The van der Waals surface area contributed by atoms with Crippen molar-refractivity contribution in [2.75, 3.05) is 18.4 Å². The van der Waals surface area contributed by atoms with Crippen LogP contribution in [-0.2, 0) is 0 Å². The number of carbonyl (C=O) groups excluding carboxylic acids is 2. The summed E-state index contributed by atoms with van der Waals surface area (Å²) in [5.74, 6) is -0.226. The number of amides is 2. The third-order valence-electron chi connectivity index (χ3n) is 4.63. The van der Waals surface area contributed by atoms with E-state index in [4.69, 9.17) is 12.2 Å². The van der Waals surface area contributed by atoms with Crippen molar-refractivity contribution in [3.8, 4) is 0 Å². The topological polar surface area (TPSA) is 61.4 Å². The molecule has 0 aromatic heterocycles. The monoisotopic (exact) mass is 459 g/mol. The van der Waals surface area contributed by atoms with E-state index in [1.165, 1.54) is 12.8 Å². The van der Waals surface area contributed by atoms with Crippen molar-refractivity contribution >= 4 is 50.8 Å². The minimum absolute atomic E-state index is 0.0678. The lowest BCUT2D eigenvalue weighted by Crippen LogP contribution is -2.34. The summed E-state index contributed by atoms with van der Waals surface area (Å²) in [6, 6.07) is 14.3. The zero-order valence-corrected chi connectivity index (χ0v) is 17.8. The van der Waals surface area contributed by atoms with Gasteiger partial charge in [0.2, 0.25) is 0 Å². The molecule has 0 bridgehead atoms. The summed E-state index contributed by atoms with van der Waals surface area (Å²) in [7, 11) is 0. The molecule has 3 rings (SSSR count). The molecule has 1 heterocycles. The maximum Gasteiger partial charge on any atom is 0.258 e. The second-order valence-electron chi connectivity index (χ2n) is 6.67. The SMILES string of the molecule is O=C(NC(=S)Nc1ccc(C(=O)N2CCCCCC2)cc1)c1ccccc1Br. The van der Waals surface area contributed by atoms with Crippen LogP contribution in [0.3, 0.4) is 0 Å². The molecule has 28 heavy (non-hydrogen) atoms. The number of nitrogens with one attached hydrogen (secondary N) is 2. The molecule has 2 aromatic carbocycles. The molecule has 1 aliphatic heterocycles. The smallest absolute Gasteiger partial charge is 0.258 e. The third-order valence-corrected chi connectivity index (χ3v) is 5.52. The van der Waals surface area contributed by atoms with Crippen molar-refractivity contribution in [1.29, 1.82) is 0 Å². The van der Waals surface area contributed by atoms with E-state index in [1.54, 1.807) is 42.5 Å². The summed E-state index contributed by atoms with van der Waals surface area (Å²) >= 11 is 8.58. The Morgan fingerprint density at radius 2 is 1.57 bits per heavy atom. The van der Waals surface area contributed by atoms with E-state index in [1.807, 2.05) is 11.0 Å². The summed E-state index contributed by atoms with van der Waals surface area (Å²) in [5.41, 5.74) is 1.88. The molecule has 0 saturated carbocycles. The number of carbonyl (C=O) groups is 2. The van der Waals surface area contributed by atoms with Crippen LogP contribution in [0.25, 0.3) is 0 Å². The molecule has 1 fully saturated rings. The number of hydrogen-bond donors (Lipinski definition) is 2. The number of thiocarbonyl (C=S) groups is 1. The van der Waals surface area contributed by atoms with E-state index >= 15 is 0 Å². The van der Waals surface area contributed by atoms with Crippen LogP contribution in [0, 0.1) is 0 Å². The van der Waals surface area contributed by atoms with Crippen molar-refractivity contribution in [3.05, 3.63) is 64.1 Å². The minimum Gasteiger partial charge on any atom is -0.339 e. The van der Waals surface area contributed by atoms with Gasteiger partial charge in [0.15, 0.2) is 5.11 Å². The van der Waals surface area contributed by atoms with E-state index in [2.05, 4.69) is 26.6 Å². The first kappa shape index (κ1) is 20.5. The van der Waals surface area contributed by atoms with Crippen molar-refractivity contribution in [2.45, 2.75) is 25.7 Å². The van der Waals surface area contributed by atoms with Crippen LogP contribution < -0.4 is 10.6 Å². The van der Waals surface area contributed by atoms with E-state index in [-0.39, 0.29) is 16.9 Å². The number of nitrogens with zero attached hydrogens (tertiary/aromatic N) is 1. The number of likely N-dealkylation sites (tertiary alicyclic amines) is 1. The summed E-state index contributed by atoms with van der Waals surface area (Å²) in [6.07, 6.45) is 4.51. The molecule has 1 saturated heterocycles. The Kier molecular flexibility index (Phi) is 7.17. The molecule has 0 unspecified atom stereocenters. The van der Waals surface area contributed by atoms with Gasteiger partial charge in [-0.15, -0.1) is 0 Å². The number of benzene rings is 2. The molecule has 5 nitrogen and oxygen atoms in total. The van der Waals surface area contributed by atoms with E-state index < -0.39 is 0 Å². The van der Waals surface area contributed by atoms with Gasteiger partial charge in [0.25, 0.3) is 11.8 Å². The van der Waals surface area contributed by atoms with Crippen LogP contribution in [0.15, 0.2) is 53.0 Å². The Hall–Kier alpha value is -2.25. The van der Waals surface area contributed by atoms with Crippen LogP contribution in [0.2, 0.25) is 0 Å². The zero-order valence-electron chi connectivity index (χ0n) is 15.4. The first-order chi connectivity index (χ1) is 13.5. The van der Waals surface area contributed by atoms with Crippen molar-refractivity contribution in [1.82, 2.24) is 10.2 Å². The molecular formula is C21H22BrN3O2S. The first-order valence-corrected chi connectivity index (χ1v) is 10.5. The molecule has 2 amide bonds. The number of rotatable bonds is 3. The summed E-state index contributed by atoms with van der Waals surface area (Å²) in [5, 5.41) is 5.84. The highest BCUT2D eigenvalue weighted by molar-refractivity contribution is 9.10. The molecule has 0 aliphatic carbocycles. The zero-order chi connectivity index (χ0) is 19.9. The number of anilines is 1. The summed E-state index contributed by atoms with van der Waals surface area (Å²) in [4.78, 5) is 26.9. The van der Waals surface area contributed by atoms with Gasteiger partial charge in [0.1, 0.15) is 0 Å². The second-order valence-corrected chi connectivity index (χ2v) is 7.93. The Labute approximate surface area is 178 Å². The van der Waals surface area contributed by atoms with Crippen LogP contribution in [0.4, 0.5) is 5.69 Å². The van der Waals surface area contributed by atoms with Crippen molar-refractivity contribution < 1.29 is 9.59 Å². The Morgan fingerprint density at radius 1 is 0.929 bits per heavy atom. The minimum atomic E-state index is -0.294. The maximum absolute atomic E-state index is 12.6. The van der Waals surface area contributed by atoms with Crippen molar-refractivity contribution in [3.63, 3.8) is 0 Å². The Morgan fingerprint density at radius 3 is 2.21 bits per heavy atom. The molecule has 146 valence electrons. The molecular weight excluding hydrogens is 438 g/mol. The average molecular weight is 460 g/mol. The fourth-order valence-corrected chi connectivity index (χ4v) is 3.81. The maximum atomic E-state index is 12.6. The van der Waals surface area contributed by atoms with Gasteiger partial charge in [-0.2, -0.15) is 0 Å². The predicted molar refractivity (Wildman–Crippen MR) is 119 cm³/mol. The van der Waals surface area contributed by atoms with E-state index in [0.717, 1.165) is 25.9 Å². The lowest BCUT2D eigenvalue weighted by Gasteiger charge is -2.20. The fourth-order valence-electron chi connectivity index (χ4n) is 3.13. The van der Waals surface area contributed by atoms with E-state index in [9.17, 15) is 9.59 Å². The van der Waals surface area contributed by atoms with Gasteiger partial charge < -0.3 is 10.2 Å². The van der Waals surface area contributed by atoms with Crippen LogP contribution in [0.1, 0.15) is 46.4 Å². The van der Waals surface area contributed by atoms with Gasteiger partial charge in [-0.1, -0.05) is 25.0 Å². The standard InChI is InChI=1S/C21H22BrN3O2S/c22-18-8-4-3-7-17(18)19(26)24-21(28)23-16-11-9-15(10-12-16)20(27)25-13-5-1-2-6-14-25/h3-4,7-12H,1-2,5-6,13-14H2,(H2,23,24,26,28). The van der Waals surface area contributed by atoms with Gasteiger partial charge in [0, 0.05) is 28.8 Å². The lowest BCUT2D eigenvalue weighted by atomic mass is 10.1. The van der Waals surface area contributed by atoms with Gasteiger partial charge in [-0.25, -0.2) is 0 Å². The molecule has 2 aromatic rings. The molecule has 2 N–H and O–H groups in total. The average Bonchev–Trinajstić information content (AvgIpc) is 2.97. The highest BCUT2D eigenvalue weighted by atomic mass is 79.9. The van der Waals surface area contributed by atoms with Crippen molar-refractivity contribution in [2.24, 2.45) is 0 Å². The summed E-state index contributed by atoms with van der Waals surface area (Å²) < 4.78 is 0.701. The molecule has 7 heteroatoms. The molecule has 0 radical (unpaired) electrons.